The summed E-state index contributed by atoms with van der Waals surface area (Å²) in [6.07, 6.45) is 0.501. The Morgan fingerprint density at radius 2 is 2.14 bits per heavy atom. The lowest BCUT2D eigenvalue weighted by Gasteiger charge is -2.15. The van der Waals surface area contributed by atoms with Gasteiger partial charge in [-0.25, -0.2) is 12.8 Å². The molecule has 8 heteroatoms. The summed E-state index contributed by atoms with van der Waals surface area (Å²) in [6, 6.07) is 1.95. The van der Waals surface area contributed by atoms with Gasteiger partial charge in [0.05, 0.1) is 4.90 Å². The largest absolute Gasteiger partial charge is 0.480 e. The maximum absolute atomic E-state index is 13.0. The number of sulfonamides is 1. The highest BCUT2D eigenvalue weighted by molar-refractivity contribution is 7.89. The van der Waals surface area contributed by atoms with Crippen LogP contribution in [0.4, 0.5) is 4.39 Å². The van der Waals surface area contributed by atoms with Gasteiger partial charge in [-0.05, 0) is 43.5 Å². The molecule has 1 aromatic rings. The second kappa shape index (κ2) is 7.48. The minimum atomic E-state index is -4.03. The molecule has 0 spiro atoms. The van der Waals surface area contributed by atoms with Gasteiger partial charge in [0.2, 0.25) is 10.0 Å². The molecule has 0 aliphatic heterocycles. The van der Waals surface area contributed by atoms with Crippen LogP contribution >= 0.6 is 0 Å². The van der Waals surface area contributed by atoms with Gasteiger partial charge in [0.1, 0.15) is 11.9 Å². The first-order valence-corrected chi connectivity index (χ1v) is 7.76. The fourth-order valence-electron chi connectivity index (χ4n) is 1.83. The van der Waals surface area contributed by atoms with Gasteiger partial charge >= 0.3 is 5.97 Å². The smallest absolute Gasteiger partial charge is 0.321 e. The van der Waals surface area contributed by atoms with Crippen LogP contribution < -0.4 is 4.72 Å². The van der Waals surface area contributed by atoms with Crippen LogP contribution in [-0.4, -0.2) is 39.3 Å². The molecule has 2 N–H and O–H groups in total. The Kier molecular flexibility index (Phi) is 6.25. The molecule has 1 rings (SSSR count). The van der Waals surface area contributed by atoms with Gasteiger partial charge in [-0.2, -0.15) is 4.72 Å². The summed E-state index contributed by atoms with van der Waals surface area (Å²) in [6.45, 7) is 1.78. The zero-order valence-corrected chi connectivity index (χ0v) is 12.6. The number of carboxylic acids is 1. The van der Waals surface area contributed by atoms with Crippen molar-refractivity contribution in [3.05, 3.63) is 29.6 Å². The van der Waals surface area contributed by atoms with Crippen molar-refractivity contribution < 1.29 is 27.4 Å². The normalized spacial score (nSPS) is 13.1. The van der Waals surface area contributed by atoms with Crippen LogP contribution in [0.2, 0.25) is 0 Å². The monoisotopic (exact) mass is 319 g/mol. The Morgan fingerprint density at radius 3 is 2.67 bits per heavy atom. The molecular weight excluding hydrogens is 301 g/mol. The highest BCUT2D eigenvalue weighted by Gasteiger charge is 2.26. The van der Waals surface area contributed by atoms with E-state index in [1.165, 1.54) is 14.0 Å². The van der Waals surface area contributed by atoms with Crippen LogP contribution in [0, 0.1) is 12.7 Å². The molecule has 0 bridgehead atoms. The zero-order chi connectivity index (χ0) is 16.0. The second-order valence-corrected chi connectivity index (χ2v) is 6.24. The third-order valence-corrected chi connectivity index (χ3v) is 4.50. The molecule has 0 aromatic heterocycles. The minimum absolute atomic E-state index is 0.0998. The van der Waals surface area contributed by atoms with E-state index >= 15 is 0 Å². The number of carboxylic acid groups (broad SMARTS) is 1. The molecular formula is C13H18FNO5S. The van der Waals surface area contributed by atoms with Gasteiger partial charge in [0.15, 0.2) is 0 Å². The van der Waals surface area contributed by atoms with Crippen molar-refractivity contribution in [2.45, 2.75) is 30.7 Å². The number of hydrogen-bond acceptors (Lipinski definition) is 4. The highest BCUT2D eigenvalue weighted by Crippen LogP contribution is 2.17. The first-order valence-electron chi connectivity index (χ1n) is 6.28. The van der Waals surface area contributed by atoms with Gasteiger partial charge in [-0.15, -0.1) is 0 Å². The molecule has 0 heterocycles. The fourth-order valence-corrected chi connectivity index (χ4v) is 3.28. The molecule has 6 nitrogen and oxygen atoms in total. The lowest BCUT2D eigenvalue weighted by molar-refractivity contribution is -0.139. The molecule has 0 amide bonds. The van der Waals surface area contributed by atoms with Gasteiger partial charge in [0.25, 0.3) is 0 Å². The van der Waals surface area contributed by atoms with Crippen molar-refractivity contribution in [1.29, 1.82) is 0 Å². The molecule has 118 valence electrons. The van der Waals surface area contributed by atoms with Gasteiger partial charge in [-0.1, -0.05) is 0 Å². The summed E-state index contributed by atoms with van der Waals surface area (Å²) in [5.74, 6) is -1.82. The molecule has 0 fully saturated rings. The summed E-state index contributed by atoms with van der Waals surface area (Å²) in [4.78, 5) is 11.0. The van der Waals surface area contributed by atoms with Crippen LogP contribution in [0.3, 0.4) is 0 Å². The molecule has 1 unspecified atom stereocenters. The van der Waals surface area contributed by atoms with E-state index in [0.717, 1.165) is 18.2 Å². The molecule has 1 atom stereocenters. The standard InChI is InChI=1S/C13H18FNO5S/c1-9-8-10(14)5-6-12(9)21(18,19)15-11(13(16)17)4-3-7-20-2/h5-6,8,11,15H,3-4,7H2,1-2H3,(H,16,17). The number of ether oxygens (including phenoxy) is 1. The summed E-state index contributed by atoms with van der Waals surface area (Å²) in [7, 11) is -2.55. The van der Waals surface area contributed by atoms with E-state index in [1.54, 1.807) is 0 Å². The number of carbonyl (C=O) groups is 1. The van der Waals surface area contributed by atoms with Crippen molar-refractivity contribution in [2.24, 2.45) is 0 Å². The summed E-state index contributed by atoms with van der Waals surface area (Å²) < 4.78 is 44.3. The van der Waals surface area contributed by atoms with Gasteiger partial charge in [-0.3, -0.25) is 4.79 Å². The van der Waals surface area contributed by atoms with Crippen molar-refractivity contribution in [1.82, 2.24) is 4.72 Å². The van der Waals surface area contributed by atoms with E-state index in [4.69, 9.17) is 9.84 Å². The molecule has 21 heavy (non-hydrogen) atoms. The maximum Gasteiger partial charge on any atom is 0.321 e. The molecule has 1 aromatic carbocycles. The summed E-state index contributed by atoms with van der Waals surface area (Å²) >= 11 is 0. The lowest BCUT2D eigenvalue weighted by atomic mass is 10.2. The Labute approximate surface area is 123 Å². The van der Waals surface area contributed by atoms with E-state index in [-0.39, 0.29) is 16.9 Å². The SMILES string of the molecule is COCCCC(NS(=O)(=O)c1ccc(F)cc1C)C(=O)O. The third kappa shape index (κ3) is 5.07. The zero-order valence-electron chi connectivity index (χ0n) is 11.8. The van der Waals surface area contributed by atoms with Crippen LogP contribution in [0.5, 0.6) is 0 Å². The second-order valence-electron chi connectivity index (χ2n) is 4.56. The topological polar surface area (TPSA) is 92.7 Å². The maximum atomic E-state index is 13.0. The number of halogens is 1. The number of benzene rings is 1. The van der Waals surface area contributed by atoms with Gasteiger partial charge in [0, 0.05) is 13.7 Å². The van der Waals surface area contributed by atoms with Crippen LogP contribution in [0.15, 0.2) is 23.1 Å². The lowest BCUT2D eigenvalue weighted by Crippen LogP contribution is -2.41. The van der Waals surface area contributed by atoms with E-state index in [9.17, 15) is 17.6 Å². The molecule has 0 saturated heterocycles. The van der Waals surface area contributed by atoms with E-state index in [2.05, 4.69) is 4.72 Å². The van der Waals surface area contributed by atoms with Crippen LogP contribution in [0.1, 0.15) is 18.4 Å². The highest BCUT2D eigenvalue weighted by atomic mass is 32.2. The Balaban J connectivity index is 2.92. The summed E-state index contributed by atoms with van der Waals surface area (Å²) in [5, 5.41) is 9.07. The number of aliphatic carboxylic acids is 1. The number of aryl methyl sites for hydroxylation is 1. The average molecular weight is 319 g/mol. The van der Waals surface area contributed by atoms with E-state index in [1.807, 2.05) is 0 Å². The number of hydrogen-bond donors (Lipinski definition) is 2. The van der Waals surface area contributed by atoms with Crippen molar-refractivity contribution >= 4 is 16.0 Å². The van der Waals surface area contributed by atoms with E-state index < -0.39 is 27.9 Å². The molecule has 0 saturated carbocycles. The Hall–Kier alpha value is -1.51. The number of nitrogens with one attached hydrogen (secondary N) is 1. The van der Waals surface area contributed by atoms with Crippen molar-refractivity contribution in [3.8, 4) is 0 Å². The Bertz CT molecular complexity index is 603. The molecule has 0 aliphatic carbocycles. The van der Waals surface area contributed by atoms with Crippen LogP contribution in [-0.2, 0) is 19.6 Å². The average Bonchev–Trinajstić information content (AvgIpc) is 2.36. The van der Waals surface area contributed by atoms with Crippen LogP contribution in [0.25, 0.3) is 0 Å². The number of rotatable bonds is 8. The first-order chi connectivity index (χ1) is 9.77. The van der Waals surface area contributed by atoms with Gasteiger partial charge < -0.3 is 9.84 Å². The predicted molar refractivity (Wildman–Crippen MR) is 74.0 cm³/mol. The minimum Gasteiger partial charge on any atom is -0.480 e. The third-order valence-electron chi connectivity index (χ3n) is 2.86. The molecule has 0 radical (unpaired) electrons. The molecule has 0 aliphatic rings. The summed E-state index contributed by atoms with van der Waals surface area (Å²) in [5.41, 5.74) is 0.212. The predicted octanol–water partition coefficient (Wildman–Crippen LogP) is 1.29. The fraction of sp³-hybridized carbons (Fsp3) is 0.462. The van der Waals surface area contributed by atoms with Crippen molar-refractivity contribution in [3.63, 3.8) is 0 Å². The quantitative estimate of drug-likeness (QED) is 0.704. The first kappa shape index (κ1) is 17.5. The number of methoxy groups -OCH3 is 1. The van der Waals surface area contributed by atoms with E-state index in [0.29, 0.717) is 13.0 Å². The van der Waals surface area contributed by atoms with Crippen molar-refractivity contribution in [2.75, 3.05) is 13.7 Å². The Morgan fingerprint density at radius 1 is 1.48 bits per heavy atom.